The molecule has 3 rings (SSSR count). The standard InChI is InChI=1S/C17H15BrN4S/c1-23-17-21-20-16(11-13-5-3-2-4-6-13)22(17)19-12-14-7-9-15(18)10-8-14/h2-10,12H,11H2,1H3/b19-12-. The van der Waals surface area contributed by atoms with E-state index in [-0.39, 0.29) is 0 Å². The minimum atomic E-state index is 0.700. The molecule has 0 saturated heterocycles. The molecule has 0 aliphatic carbocycles. The molecule has 0 atom stereocenters. The molecule has 0 amide bonds. The highest BCUT2D eigenvalue weighted by atomic mass is 79.9. The molecule has 23 heavy (non-hydrogen) atoms. The largest absolute Gasteiger partial charge is 0.211 e. The number of halogens is 1. The van der Waals surface area contributed by atoms with Gasteiger partial charge in [-0.25, -0.2) is 0 Å². The molecular weight excluding hydrogens is 372 g/mol. The van der Waals surface area contributed by atoms with Crippen LogP contribution in [0.5, 0.6) is 0 Å². The van der Waals surface area contributed by atoms with Gasteiger partial charge >= 0.3 is 0 Å². The minimum absolute atomic E-state index is 0.700. The molecule has 0 spiro atoms. The maximum atomic E-state index is 4.56. The topological polar surface area (TPSA) is 43.1 Å². The Labute approximate surface area is 147 Å². The van der Waals surface area contributed by atoms with E-state index < -0.39 is 0 Å². The van der Waals surface area contributed by atoms with E-state index in [0.717, 1.165) is 21.0 Å². The third-order valence-corrected chi connectivity index (χ3v) is 4.40. The van der Waals surface area contributed by atoms with Crippen molar-refractivity contribution < 1.29 is 0 Å². The zero-order valence-electron chi connectivity index (χ0n) is 12.6. The monoisotopic (exact) mass is 386 g/mol. The summed E-state index contributed by atoms with van der Waals surface area (Å²) in [5.41, 5.74) is 2.22. The summed E-state index contributed by atoms with van der Waals surface area (Å²) in [5, 5.41) is 13.8. The fraction of sp³-hybridized carbons (Fsp3) is 0.118. The van der Waals surface area contributed by atoms with Gasteiger partial charge in [-0.15, -0.1) is 10.2 Å². The lowest BCUT2D eigenvalue weighted by Gasteiger charge is -2.03. The van der Waals surface area contributed by atoms with Crippen LogP contribution >= 0.6 is 27.7 Å². The Morgan fingerprint density at radius 3 is 2.52 bits per heavy atom. The van der Waals surface area contributed by atoms with E-state index in [9.17, 15) is 0 Å². The average molecular weight is 387 g/mol. The minimum Gasteiger partial charge on any atom is -0.191 e. The SMILES string of the molecule is CSc1nnc(Cc2ccccc2)n1/N=C\c1ccc(Br)cc1. The molecule has 0 bridgehead atoms. The van der Waals surface area contributed by atoms with Crippen molar-refractivity contribution in [2.75, 3.05) is 6.26 Å². The van der Waals surface area contributed by atoms with E-state index in [1.807, 2.05) is 54.9 Å². The predicted octanol–water partition coefficient (Wildman–Crippen LogP) is 4.24. The first kappa shape index (κ1) is 16.0. The van der Waals surface area contributed by atoms with Crippen molar-refractivity contribution >= 4 is 33.9 Å². The highest BCUT2D eigenvalue weighted by molar-refractivity contribution is 9.10. The molecule has 0 fully saturated rings. The van der Waals surface area contributed by atoms with Gasteiger partial charge in [-0.2, -0.15) is 9.78 Å². The Hall–Kier alpha value is -1.92. The van der Waals surface area contributed by atoms with Gasteiger partial charge in [0.25, 0.3) is 0 Å². The van der Waals surface area contributed by atoms with E-state index >= 15 is 0 Å². The van der Waals surface area contributed by atoms with Gasteiger partial charge in [-0.05, 0) is 29.5 Å². The summed E-state index contributed by atoms with van der Waals surface area (Å²) in [4.78, 5) is 0. The molecule has 1 heterocycles. The number of hydrogen-bond donors (Lipinski definition) is 0. The molecule has 0 radical (unpaired) electrons. The first-order valence-corrected chi connectivity index (χ1v) is 9.10. The van der Waals surface area contributed by atoms with Crippen LogP contribution in [-0.2, 0) is 6.42 Å². The summed E-state index contributed by atoms with van der Waals surface area (Å²) < 4.78 is 2.85. The summed E-state index contributed by atoms with van der Waals surface area (Å²) in [5.74, 6) is 0.828. The molecular formula is C17H15BrN4S. The van der Waals surface area contributed by atoms with Crippen LogP contribution in [0.3, 0.4) is 0 Å². The van der Waals surface area contributed by atoms with Gasteiger partial charge in [0, 0.05) is 10.9 Å². The Morgan fingerprint density at radius 1 is 1.09 bits per heavy atom. The van der Waals surface area contributed by atoms with Gasteiger partial charge in [-0.1, -0.05) is 70.2 Å². The van der Waals surface area contributed by atoms with Crippen molar-refractivity contribution in [3.63, 3.8) is 0 Å². The first-order chi connectivity index (χ1) is 11.3. The maximum absolute atomic E-state index is 4.56. The summed E-state index contributed by atoms with van der Waals surface area (Å²) >= 11 is 4.97. The lowest BCUT2D eigenvalue weighted by molar-refractivity contribution is 0.730. The Bertz CT molecular complexity index is 797. The second-order valence-corrected chi connectivity index (χ2v) is 6.56. The van der Waals surface area contributed by atoms with Crippen molar-refractivity contribution in [3.8, 4) is 0 Å². The van der Waals surface area contributed by atoms with Crippen LogP contribution in [-0.4, -0.2) is 27.3 Å². The van der Waals surface area contributed by atoms with Crippen LogP contribution in [0.25, 0.3) is 0 Å². The second kappa shape index (κ2) is 7.57. The fourth-order valence-electron chi connectivity index (χ4n) is 2.10. The lowest BCUT2D eigenvalue weighted by Crippen LogP contribution is -2.01. The smallest absolute Gasteiger partial charge is 0.191 e. The molecule has 0 aliphatic rings. The number of aromatic nitrogens is 3. The molecule has 1 aromatic heterocycles. The Morgan fingerprint density at radius 2 is 1.83 bits per heavy atom. The van der Waals surface area contributed by atoms with Crippen molar-refractivity contribution in [2.45, 2.75) is 11.6 Å². The number of thioether (sulfide) groups is 1. The van der Waals surface area contributed by atoms with Crippen LogP contribution in [0.4, 0.5) is 0 Å². The highest BCUT2D eigenvalue weighted by Crippen LogP contribution is 2.16. The number of benzene rings is 2. The summed E-state index contributed by atoms with van der Waals surface area (Å²) in [6.07, 6.45) is 4.50. The normalized spacial score (nSPS) is 11.2. The van der Waals surface area contributed by atoms with Gasteiger partial charge in [-0.3, -0.25) is 0 Å². The van der Waals surface area contributed by atoms with Crippen molar-refractivity contribution in [2.24, 2.45) is 5.10 Å². The van der Waals surface area contributed by atoms with E-state index in [0.29, 0.717) is 6.42 Å². The van der Waals surface area contributed by atoms with Gasteiger partial charge < -0.3 is 0 Å². The molecule has 0 aliphatic heterocycles. The highest BCUT2D eigenvalue weighted by Gasteiger charge is 2.11. The Balaban J connectivity index is 1.88. The fourth-order valence-corrected chi connectivity index (χ4v) is 2.81. The van der Waals surface area contributed by atoms with Gasteiger partial charge in [0.2, 0.25) is 5.16 Å². The van der Waals surface area contributed by atoms with Gasteiger partial charge in [0.05, 0.1) is 6.21 Å². The van der Waals surface area contributed by atoms with Gasteiger partial charge in [0.1, 0.15) is 0 Å². The molecule has 0 unspecified atom stereocenters. The van der Waals surface area contributed by atoms with Crippen LogP contribution in [0, 0.1) is 0 Å². The molecule has 2 aromatic carbocycles. The number of nitrogens with zero attached hydrogens (tertiary/aromatic N) is 4. The van der Waals surface area contributed by atoms with E-state index in [2.05, 4.69) is 43.4 Å². The third kappa shape index (κ3) is 4.09. The van der Waals surface area contributed by atoms with E-state index in [1.165, 1.54) is 17.3 Å². The summed E-state index contributed by atoms with van der Waals surface area (Å²) in [6, 6.07) is 18.2. The van der Waals surface area contributed by atoms with E-state index in [4.69, 9.17) is 0 Å². The van der Waals surface area contributed by atoms with Crippen molar-refractivity contribution in [3.05, 3.63) is 76.0 Å². The van der Waals surface area contributed by atoms with Crippen molar-refractivity contribution in [1.82, 2.24) is 14.9 Å². The quantitative estimate of drug-likeness (QED) is 0.486. The van der Waals surface area contributed by atoms with Crippen molar-refractivity contribution in [1.29, 1.82) is 0 Å². The second-order valence-electron chi connectivity index (χ2n) is 4.87. The lowest BCUT2D eigenvalue weighted by atomic mass is 10.1. The number of hydrogen-bond acceptors (Lipinski definition) is 4. The van der Waals surface area contributed by atoms with Crippen LogP contribution in [0.2, 0.25) is 0 Å². The third-order valence-electron chi connectivity index (χ3n) is 3.26. The molecule has 116 valence electrons. The molecule has 0 saturated carbocycles. The first-order valence-electron chi connectivity index (χ1n) is 7.08. The molecule has 4 nitrogen and oxygen atoms in total. The summed E-state index contributed by atoms with van der Waals surface area (Å²) in [7, 11) is 0. The zero-order chi connectivity index (χ0) is 16.1. The van der Waals surface area contributed by atoms with Crippen LogP contribution in [0.1, 0.15) is 17.0 Å². The maximum Gasteiger partial charge on any atom is 0.211 e. The number of rotatable bonds is 5. The molecule has 0 N–H and O–H groups in total. The van der Waals surface area contributed by atoms with Crippen LogP contribution < -0.4 is 0 Å². The van der Waals surface area contributed by atoms with Crippen LogP contribution in [0.15, 0.2) is 69.3 Å². The predicted molar refractivity (Wildman–Crippen MR) is 98.2 cm³/mol. The Kier molecular flexibility index (Phi) is 5.25. The molecule has 3 aromatic rings. The summed E-state index contributed by atoms with van der Waals surface area (Å²) in [6.45, 7) is 0. The average Bonchev–Trinajstić information content (AvgIpc) is 2.97. The zero-order valence-corrected chi connectivity index (χ0v) is 15.0. The van der Waals surface area contributed by atoms with Gasteiger partial charge in [0.15, 0.2) is 5.82 Å². The van der Waals surface area contributed by atoms with E-state index in [1.54, 1.807) is 4.68 Å². The molecule has 6 heteroatoms.